The van der Waals surface area contributed by atoms with Crippen LogP contribution in [0, 0.1) is 0 Å². The Morgan fingerprint density at radius 3 is 2.45 bits per heavy atom. The Hall–Kier alpha value is -3.00. The van der Waals surface area contributed by atoms with E-state index in [1.165, 1.54) is 18.2 Å². The van der Waals surface area contributed by atoms with E-state index in [1.807, 2.05) is 13.0 Å². The van der Waals surface area contributed by atoms with Gasteiger partial charge < -0.3 is 14.5 Å². The van der Waals surface area contributed by atoms with Crippen molar-refractivity contribution in [1.82, 2.24) is 4.90 Å². The number of benzene rings is 2. The van der Waals surface area contributed by atoms with Crippen molar-refractivity contribution in [3.63, 3.8) is 0 Å². The van der Waals surface area contributed by atoms with Crippen molar-refractivity contribution in [3.05, 3.63) is 65.2 Å². The van der Waals surface area contributed by atoms with Gasteiger partial charge in [0.25, 0.3) is 11.8 Å². The first-order chi connectivity index (χ1) is 14.7. The molecular formula is C21H23N2O7P. The number of hydrogen-bond donors (Lipinski definition) is 3. The average molecular weight is 446 g/mol. The first kappa shape index (κ1) is 22.7. The zero-order chi connectivity index (χ0) is 22.6. The van der Waals surface area contributed by atoms with Crippen LogP contribution in [-0.4, -0.2) is 38.4 Å². The van der Waals surface area contributed by atoms with Crippen LogP contribution >= 0.6 is 7.60 Å². The first-order valence-corrected chi connectivity index (χ1v) is 11.5. The van der Waals surface area contributed by atoms with E-state index in [4.69, 9.17) is 4.74 Å². The minimum atomic E-state index is -4.77. The molecule has 0 bridgehead atoms. The maximum atomic E-state index is 13.0. The Morgan fingerprint density at radius 1 is 1.10 bits per heavy atom. The maximum Gasteiger partial charge on any atom is 0.411 e. The second kappa shape index (κ2) is 9.43. The number of carbonyl (C=O) groups is 3. The van der Waals surface area contributed by atoms with Crippen molar-refractivity contribution < 1.29 is 33.5 Å². The summed E-state index contributed by atoms with van der Waals surface area (Å²) in [6, 6.07) is 13.3. The SMILES string of the molecule is CCCCC(N1C(=O)c2cccc(NC(=O)OCc3ccccc3)c2C1=O)P(=O)(O)O. The summed E-state index contributed by atoms with van der Waals surface area (Å²) in [7, 11) is -4.77. The number of nitrogens with zero attached hydrogens (tertiary/aromatic N) is 1. The van der Waals surface area contributed by atoms with E-state index in [-0.39, 0.29) is 29.8 Å². The van der Waals surface area contributed by atoms with Gasteiger partial charge in [0.2, 0.25) is 0 Å². The van der Waals surface area contributed by atoms with Gasteiger partial charge in [-0.15, -0.1) is 0 Å². The third kappa shape index (κ3) is 5.02. The summed E-state index contributed by atoms with van der Waals surface area (Å²) in [6.45, 7) is 1.85. The zero-order valence-corrected chi connectivity index (χ0v) is 17.7. The molecule has 0 radical (unpaired) electrons. The molecular weight excluding hydrogens is 423 g/mol. The molecule has 2 aromatic carbocycles. The fraction of sp³-hybridized carbons (Fsp3) is 0.286. The number of ether oxygens (including phenoxy) is 1. The highest BCUT2D eigenvalue weighted by Gasteiger charge is 2.47. The van der Waals surface area contributed by atoms with Crippen LogP contribution < -0.4 is 5.32 Å². The summed E-state index contributed by atoms with van der Waals surface area (Å²) in [6.07, 6.45) is 0.224. The van der Waals surface area contributed by atoms with Crippen LogP contribution in [0.25, 0.3) is 0 Å². The molecule has 0 aliphatic carbocycles. The number of nitrogens with one attached hydrogen (secondary N) is 1. The highest BCUT2D eigenvalue weighted by Crippen LogP contribution is 2.48. The molecule has 3 rings (SSSR count). The third-order valence-electron chi connectivity index (χ3n) is 4.90. The fourth-order valence-electron chi connectivity index (χ4n) is 3.38. The van der Waals surface area contributed by atoms with Crippen LogP contribution in [0.4, 0.5) is 10.5 Å². The van der Waals surface area contributed by atoms with E-state index in [1.54, 1.807) is 24.3 Å². The minimum absolute atomic E-state index is 0.0119. The Labute approximate surface area is 179 Å². The molecule has 1 aliphatic heterocycles. The topological polar surface area (TPSA) is 133 Å². The summed E-state index contributed by atoms with van der Waals surface area (Å²) in [5.41, 5.74) is 0.671. The number of amides is 3. The van der Waals surface area contributed by atoms with Crippen molar-refractivity contribution in [2.45, 2.75) is 38.6 Å². The highest BCUT2D eigenvalue weighted by atomic mass is 31.2. The van der Waals surface area contributed by atoms with Crippen LogP contribution in [0.3, 0.4) is 0 Å². The van der Waals surface area contributed by atoms with Gasteiger partial charge in [0.1, 0.15) is 12.4 Å². The largest absolute Gasteiger partial charge is 0.444 e. The van der Waals surface area contributed by atoms with E-state index >= 15 is 0 Å². The van der Waals surface area contributed by atoms with Crippen molar-refractivity contribution in [3.8, 4) is 0 Å². The van der Waals surface area contributed by atoms with E-state index < -0.39 is 31.3 Å². The number of anilines is 1. The monoisotopic (exact) mass is 446 g/mol. The molecule has 0 saturated heterocycles. The zero-order valence-electron chi connectivity index (χ0n) is 16.9. The first-order valence-electron chi connectivity index (χ1n) is 9.77. The molecule has 1 unspecified atom stereocenters. The van der Waals surface area contributed by atoms with E-state index in [0.29, 0.717) is 17.7 Å². The summed E-state index contributed by atoms with van der Waals surface area (Å²) in [5, 5.41) is 2.45. The predicted molar refractivity (Wildman–Crippen MR) is 113 cm³/mol. The summed E-state index contributed by atoms with van der Waals surface area (Å²) in [4.78, 5) is 58.2. The van der Waals surface area contributed by atoms with E-state index in [2.05, 4.69) is 5.32 Å². The average Bonchev–Trinajstić information content (AvgIpc) is 2.98. The lowest BCUT2D eigenvalue weighted by atomic mass is 10.1. The van der Waals surface area contributed by atoms with Gasteiger partial charge in [-0.1, -0.05) is 56.2 Å². The van der Waals surface area contributed by atoms with Gasteiger partial charge >= 0.3 is 13.7 Å². The van der Waals surface area contributed by atoms with Gasteiger partial charge in [0.05, 0.1) is 16.8 Å². The van der Waals surface area contributed by atoms with E-state index in [9.17, 15) is 28.7 Å². The Balaban J connectivity index is 1.82. The minimum Gasteiger partial charge on any atom is -0.444 e. The molecule has 1 heterocycles. The lowest BCUT2D eigenvalue weighted by molar-refractivity contribution is 0.0607. The van der Waals surface area contributed by atoms with Crippen LogP contribution in [0.5, 0.6) is 0 Å². The maximum absolute atomic E-state index is 13.0. The fourth-order valence-corrected chi connectivity index (χ4v) is 4.41. The smallest absolute Gasteiger partial charge is 0.411 e. The second-order valence-electron chi connectivity index (χ2n) is 7.11. The highest BCUT2D eigenvalue weighted by molar-refractivity contribution is 7.52. The van der Waals surface area contributed by atoms with Gasteiger partial charge in [-0.25, -0.2) is 4.79 Å². The van der Waals surface area contributed by atoms with Gasteiger partial charge in [0.15, 0.2) is 0 Å². The number of hydrogen-bond acceptors (Lipinski definition) is 5. The predicted octanol–water partition coefficient (Wildman–Crippen LogP) is 3.73. The van der Waals surface area contributed by atoms with Gasteiger partial charge in [-0.3, -0.25) is 24.4 Å². The lowest BCUT2D eigenvalue weighted by Gasteiger charge is -2.26. The van der Waals surface area contributed by atoms with Crippen LogP contribution in [0.1, 0.15) is 52.5 Å². The number of imide groups is 1. The van der Waals surface area contributed by atoms with Gasteiger partial charge in [-0.05, 0) is 24.1 Å². The molecule has 0 spiro atoms. The molecule has 0 aromatic heterocycles. The molecule has 164 valence electrons. The second-order valence-corrected chi connectivity index (χ2v) is 8.88. The van der Waals surface area contributed by atoms with E-state index in [0.717, 1.165) is 5.56 Å². The molecule has 0 saturated carbocycles. The number of carbonyl (C=O) groups excluding carboxylic acids is 3. The van der Waals surface area contributed by atoms with Crippen molar-refractivity contribution in [2.24, 2.45) is 0 Å². The molecule has 2 aromatic rings. The number of unbranched alkanes of at least 4 members (excludes halogenated alkanes) is 1. The van der Waals surface area contributed by atoms with Gasteiger partial charge in [0, 0.05) is 0 Å². The standard InChI is InChI=1S/C21H23N2O7P/c1-2-3-12-17(31(27,28)29)23-19(24)15-10-7-11-16(18(15)20(23)25)22-21(26)30-13-14-8-5-4-6-9-14/h4-11,17H,2-3,12-13H2,1H3,(H,22,26)(H2,27,28,29). The molecule has 10 heteroatoms. The van der Waals surface area contributed by atoms with Crippen molar-refractivity contribution in [1.29, 1.82) is 0 Å². The molecule has 3 N–H and O–H groups in total. The van der Waals surface area contributed by atoms with Crippen molar-refractivity contribution in [2.75, 3.05) is 5.32 Å². The molecule has 31 heavy (non-hydrogen) atoms. The Bertz CT molecular complexity index is 1040. The van der Waals surface area contributed by atoms with Gasteiger partial charge in [-0.2, -0.15) is 0 Å². The normalized spacial score (nSPS) is 14.4. The van der Waals surface area contributed by atoms with Crippen molar-refractivity contribution >= 4 is 31.2 Å². The summed E-state index contributed by atoms with van der Waals surface area (Å²) in [5.74, 6) is -3.22. The number of fused-ring (bicyclic) bond motifs is 1. The van der Waals surface area contributed by atoms with Crippen LogP contribution in [0.15, 0.2) is 48.5 Å². The number of rotatable bonds is 8. The van der Waals surface area contributed by atoms with Crippen LogP contribution in [-0.2, 0) is 15.9 Å². The third-order valence-corrected chi connectivity index (χ3v) is 6.16. The molecule has 1 atom stereocenters. The molecule has 1 aliphatic rings. The summed E-state index contributed by atoms with van der Waals surface area (Å²) < 4.78 is 17.2. The molecule has 0 fully saturated rings. The van der Waals surface area contributed by atoms with Crippen LogP contribution in [0.2, 0.25) is 0 Å². The lowest BCUT2D eigenvalue weighted by Crippen LogP contribution is -2.39. The molecule has 9 nitrogen and oxygen atoms in total. The summed E-state index contributed by atoms with van der Waals surface area (Å²) >= 11 is 0. The Kier molecular flexibility index (Phi) is 6.90. The molecule has 3 amide bonds. The quantitative estimate of drug-likeness (QED) is 0.416. The Morgan fingerprint density at radius 2 is 1.81 bits per heavy atom.